The molecule has 3 aromatic carbocycles. The molecule has 79 heavy (non-hydrogen) atoms. The number of methoxy groups -OCH3 is 4. The number of anilines is 3. The summed E-state index contributed by atoms with van der Waals surface area (Å²) in [6.07, 6.45) is 2.10. The minimum Gasteiger partial charge on any atom is -0.504 e. The highest BCUT2D eigenvalue weighted by Crippen LogP contribution is 2.44. The Balaban J connectivity index is 0.000000134. The molecule has 9 heterocycles. The maximum atomic E-state index is 12.3. The van der Waals surface area contributed by atoms with Gasteiger partial charge in [-0.1, -0.05) is 0 Å². The number of ether oxygens (including phenoxy) is 10. The van der Waals surface area contributed by atoms with E-state index in [0.717, 1.165) is 86.6 Å². The van der Waals surface area contributed by atoms with Crippen LogP contribution in [-0.2, 0) is 67.3 Å². The second-order valence-corrected chi connectivity index (χ2v) is 19.5. The van der Waals surface area contributed by atoms with E-state index in [1.54, 1.807) is 69.9 Å². The van der Waals surface area contributed by atoms with Gasteiger partial charge in [0.2, 0.25) is 0 Å². The van der Waals surface area contributed by atoms with Gasteiger partial charge in [-0.15, -0.1) is 0 Å². The van der Waals surface area contributed by atoms with Crippen LogP contribution >= 0.6 is 0 Å². The fraction of sp³-hybridized carbons (Fsp3) is 0.431. The molecule has 21 nitrogen and oxygen atoms in total. The van der Waals surface area contributed by atoms with Gasteiger partial charge in [-0.05, 0) is 55.7 Å². The summed E-state index contributed by atoms with van der Waals surface area (Å²) in [5.41, 5.74) is 7.87. The van der Waals surface area contributed by atoms with Crippen LogP contribution in [0.1, 0.15) is 16.7 Å². The van der Waals surface area contributed by atoms with E-state index in [1.807, 2.05) is 24.3 Å². The number of nitrogens with zero attached hydrogens (tertiary/aromatic N) is 3. The predicted octanol–water partition coefficient (Wildman–Crippen LogP) is 5.14. The standard InChI is InChI=1S/C20H24N2O5.2C19H22N2O5/c1-24-18-4-3-15-16(20(18)25-2)5-6-22-17(15)9-13(23)10-19(22)21-11-14-12-26-7-8-27-14;1-24-17-3-2-14-15(19(17)23)4-5-21-16(14)8-12(22)9-18(21)20-10-13-11-25-6-7-26-13;1-24-19-15-4-5-21-16(14(15)2-3-17(19)23)8-12(22)9-18(21)20-10-13-11-25-6-7-26-13/h3-4,9-10,14,21H,5-8,11-12H2,1-2H3;2*2-3,8-9,13,20,23H,4-7,10-11H2,1H3. The molecule has 3 aromatic heterocycles. The average molecular weight is 1090 g/mol. The number of phenolic OH excluding ortho intramolecular Hbond substituents is 2. The van der Waals surface area contributed by atoms with Gasteiger partial charge in [0, 0.05) is 109 Å². The van der Waals surface area contributed by atoms with Gasteiger partial charge >= 0.3 is 0 Å². The number of nitrogens with one attached hydrogen (secondary N) is 3. The molecule has 3 unspecified atom stereocenters. The van der Waals surface area contributed by atoms with E-state index in [4.69, 9.17) is 47.4 Å². The Hall–Kier alpha value is -7.53. The summed E-state index contributed by atoms with van der Waals surface area (Å²) in [5, 5.41) is 30.5. The number of aromatic nitrogens is 3. The van der Waals surface area contributed by atoms with Crippen molar-refractivity contribution in [2.45, 2.75) is 57.2 Å². The van der Waals surface area contributed by atoms with Gasteiger partial charge in [-0.2, -0.15) is 0 Å². The summed E-state index contributed by atoms with van der Waals surface area (Å²) < 4.78 is 61.1. The summed E-state index contributed by atoms with van der Waals surface area (Å²) in [6.45, 7) is 9.19. The Morgan fingerprint density at radius 2 is 0.848 bits per heavy atom. The Morgan fingerprint density at radius 3 is 1.24 bits per heavy atom. The number of fused-ring (bicyclic) bond motifs is 9. The predicted molar refractivity (Wildman–Crippen MR) is 296 cm³/mol. The van der Waals surface area contributed by atoms with Crippen LogP contribution in [0.4, 0.5) is 17.5 Å². The lowest BCUT2D eigenvalue weighted by Crippen LogP contribution is -2.35. The Labute approximate surface area is 456 Å². The lowest BCUT2D eigenvalue weighted by Gasteiger charge is -2.29. The quantitative estimate of drug-likeness (QED) is 0.101. The van der Waals surface area contributed by atoms with Crippen molar-refractivity contribution in [2.75, 3.05) is 123 Å². The van der Waals surface area contributed by atoms with Crippen LogP contribution in [0.5, 0.6) is 34.5 Å². The second-order valence-electron chi connectivity index (χ2n) is 19.5. The number of aromatic hydroxyl groups is 2. The van der Waals surface area contributed by atoms with Gasteiger partial charge < -0.3 is 87.2 Å². The lowest BCUT2D eigenvalue weighted by atomic mass is 9.95. The molecular weight excluding hydrogens is 1020 g/mol. The Bertz CT molecular complexity index is 3320. The fourth-order valence-corrected chi connectivity index (χ4v) is 11.0. The van der Waals surface area contributed by atoms with Crippen molar-refractivity contribution in [3.63, 3.8) is 0 Å². The number of hydrogen-bond acceptors (Lipinski definition) is 18. The number of benzene rings is 3. The van der Waals surface area contributed by atoms with Crippen LogP contribution in [0.2, 0.25) is 0 Å². The zero-order valence-corrected chi connectivity index (χ0v) is 44.9. The normalized spacial score (nSPS) is 18.6. The number of phenols is 2. The van der Waals surface area contributed by atoms with Crippen molar-refractivity contribution >= 4 is 17.5 Å². The summed E-state index contributed by atoms with van der Waals surface area (Å²) in [4.78, 5) is 36.8. The number of rotatable bonds is 13. The topological polar surface area (TPSA) is 235 Å². The van der Waals surface area contributed by atoms with Crippen LogP contribution in [0, 0.1) is 0 Å². The lowest BCUT2D eigenvalue weighted by molar-refractivity contribution is -0.0819. The van der Waals surface area contributed by atoms with Crippen LogP contribution in [0.15, 0.2) is 87.2 Å². The van der Waals surface area contributed by atoms with Gasteiger partial charge in [0.1, 0.15) is 17.5 Å². The van der Waals surface area contributed by atoms with Gasteiger partial charge in [0.15, 0.2) is 50.8 Å². The summed E-state index contributed by atoms with van der Waals surface area (Å²) >= 11 is 0. The molecule has 21 heteroatoms. The van der Waals surface area contributed by atoms with Crippen LogP contribution in [-0.4, -0.2) is 150 Å². The highest BCUT2D eigenvalue weighted by atomic mass is 16.6. The molecule has 0 radical (unpaired) electrons. The van der Waals surface area contributed by atoms with Gasteiger partial charge in [-0.25, -0.2) is 0 Å². The van der Waals surface area contributed by atoms with Gasteiger partial charge in [0.25, 0.3) is 0 Å². The third-order valence-corrected chi connectivity index (χ3v) is 14.7. The third-order valence-electron chi connectivity index (χ3n) is 14.7. The van der Waals surface area contributed by atoms with Crippen molar-refractivity contribution < 1.29 is 57.6 Å². The zero-order chi connectivity index (χ0) is 55.0. The molecule has 420 valence electrons. The van der Waals surface area contributed by atoms with E-state index < -0.39 is 0 Å². The second kappa shape index (κ2) is 25.1. The first-order valence-corrected chi connectivity index (χ1v) is 26.6. The first kappa shape index (κ1) is 54.8. The summed E-state index contributed by atoms with van der Waals surface area (Å²) in [6, 6.07) is 20.7. The van der Waals surface area contributed by atoms with E-state index in [-0.39, 0.29) is 46.1 Å². The van der Waals surface area contributed by atoms with Crippen molar-refractivity contribution in [2.24, 2.45) is 0 Å². The largest absolute Gasteiger partial charge is 0.504 e. The molecule has 0 saturated carbocycles. The number of hydrogen-bond donors (Lipinski definition) is 5. The third kappa shape index (κ3) is 12.1. The maximum absolute atomic E-state index is 12.3. The molecule has 6 aromatic rings. The highest BCUT2D eigenvalue weighted by molar-refractivity contribution is 5.75. The average Bonchev–Trinajstić information content (AvgIpc) is 3.67. The van der Waals surface area contributed by atoms with E-state index in [1.165, 1.54) is 7.11 Å². The van der Waals surface area contributed by atoms with Crippen molar-refractivity contribution in [1.29, 1.82) is 0 Å². The first-order chi connectivity index (χ1) is 38.5. The SMILES string of the molecule is COc1c(O)ccc2c1CCn1c(NCC3COCCO3)cc(=O)cc1-2.COc1ccc2c(c1O)CCn1c(NCC3COCCO3)cc(=O)cc1-2.COc1ccc2c(c1OC)CCn1c(NCC3COCCO3)cc(=O)cc1-2. The summed E-state index contributed by atoms with van der Waals surface area (Å²) in [5.74, 6) is 4.95. The molecule has 3 saturated heterocycles. The van der Waals surface area contributed by atoms with E-state index >= 15 is 0 Å². The molecule has 3 atom stereocenters. The van der Waals surface area contributed by atoms with Crippen LogP contribution in [0.25, 0.3) is 33.8 Å². The molecule has 3 fully saturated rings. The van der Waals surface area contributed by atoms with Crippen LogP contribution < -0.4 is 51.2 Å². The fourth-order valence-electron chi connectivity index (χ4n) is 11.0. The van der Waals surface area contributed by atoms with Crippen molar-refractivity contribution in [3.05, 3.63) is 120 Å². The highest BCUT2D eigenvalue weighted by Gasteiger charge is 2.28. The molecule has 0 amide bonds. The molecule has 5 N–H and O–H groups in total. The molecule has 0 bridgehead atoms. The Morgan fingerprint density at radius 1 is 0.468 bits per heavy atom. The smallest absolute Gasteiger partial charge is 0.184 e. The molecule has 0 spiro atoms. The maximum Gasteiger partial charge on any atom is 0.184 e. The summed E-state index contributed by atoms with van der Waals surface area (Å²) in [7, 11) is 6.34. The van der Waals surface area contributed by atoms with E-state index in [9.17, 15) is 24.6 Å². The van der Waals surface area contributed by atoms with Crippen molar-refractivity contribution in [1.82, 2.24) is 13.7 Å². The van der Waals surface area contributed by atoms with E-state index in [2.05, 4.69) is 29.7 Å². The minimum atomic E-state index is -0.0808. The number of pyridine rings is 3. The molecular formula is C58H68N6O15. The molecule has 6 aliphatic heterocycles. The van der Waals surface area contributed by atoms with Gasteiger partial charge in [0.05, 0.1) is 123 Å². The van der Waals surface area contributed by atoms with Crippen molar-refractivity contribution in [3.8, 4) is 68.3 Å². The molecule has 0 aliphatic carbocycles. The Kier molecular flexibility index (Phi) is 17.4. The first-order valence-electron chi connectivity index (χ1n) is 26.6. The monoisotopic (exact) mass is 1090 g/mol. The van der Waals surface area contributed by atoms with Gasteiger partial charge in [-0.3, -0.25) is 14.4 Å². The molecule has 12 rings (SSSR count). The van der Waals surface area contributed by atoms with E-state index in [0.29, 0.717) is 122 Å². The zero-order valence-electron chi connectivity index (χ0n) is 44.9. The molecule has 6 aliphatic rings. The minimum absolute atomic E-state index is 0.00876. The van der Waals surface area contributed by atoms with Crippen LogP contribution in [0.3, 0.4) is 0 Å².